The molecule has 0 aliphatic carbocycles. The number of carboxylic acid groups (broad SMARTS) is 1. The van der Waals surface area contributed by atoms with Crippen LogP contribution in [0.3, 0.4) is 0 Å². The molecule has 0 saturated carbocycles. The standard InChI is InChI=1S/C17H14N2O4/c1-10-18-15-7-6-13(23-2)9-14(15)16(20)19(10)12-5-3-4-11(8-12)17(21)22/h3-9H,1-2H3,(H,21,22). The number of hydrogen-bond donors (Lipinski definition) is 1. The van der Waals surface area contributed by atoms with E-state index in [0.717, 1.165) is 0 Å². The number of fused-ring (bicyclic) bond motifs is 1. The molecule has 0 bridgehead atoms. The van der Waals surface area contributed by atoms with Gasteiger partial charge in [0.25, 0.3) is 5.56 Å². The minimum absolute atomic E-state index is 0.111. The normalized spacial score (nSPS) is 10.7. The Morgan fingerprint density at radius 1 is 1.22 bits per heavy atom. The van der Waals surface area contributed by atoms with Gasteiger partial charge < -0.3 is 9.84 Å². The average Bonchev–Trinajstić information content (AvgIpc) is 2.55. The van der Waals surface area contributed by atoms with Gasteiger partial charge in [-0.3, -0.25) is 9.36 Å². The lowest BCUT2D eigenvalue weighted by atomic mass is 10.2. The van der Waals surface area contributed by atoms with E-state index in [2.05, 4.69) is 4.98 Å². The number of aromatic carboxylic acids is 1. The first-order valence-electron chi connectivity index (χ1n) is 6.92. The summed E-state index contributed by atoms with van der Waals surface area (Å²) in [5.74, 6) is -0.00531. The summed E-state index contributed by atoms with van der Waals surface area (Å²) in [5.41, 5.74) is 0.872. The van der Waals surface area contributed by atoms with Crippen LogP contribution in [0.5, 0.6) is 5.75 Å². The number of aryl methyl sites for hydroxylation is 1. The topological polar surface area (TPSA) is 81.4 Å². The van der Waals surface area contributed by atoms with Crippen LogP contribution in [-0.2, 0) is 0 Å². The van der Waals surface area contributed by atoms with Crippen molar-refractivity contribution >= 4 is 16.9 Å². The van der Waals surface area contributed by atoms with Crippen molar-refractivity contribution in [3.8, 4) is 11.4 Å². The van der Waals surface area contributed by atoms with Crippen molar-refractivity contribution in [3.05, 3.63) is 64.2 Å². The molecule has 2 aromatic carbocycles. The van der Waals surface area contributed by atoms with E-state index in [0.29, 0.717) is 28.2 Å². The molecule has 3 rings (SSSR count). The molecule has 0 saturated heterocycles. The van der Waals surface area contributed by atoms with Crippen molar-refractivity contribution in [1.29, 1.82) is 0 Å². The molecule has 6 nitrogen and oxygen atoms in total. The fourth-order valence-electron chi connectivity index (χ4n) is 2.48. The molecule has 23 heavy (non-hydrogen) atoms. The molecule has 1 N–H and O–H groups in total. The third-order valence-electron chi connectivity index (χ3n) is 3.59. The monoisotopic (exact) mass is 310 g/mol. The molecule has 0 fully saturated rings. The van der Waals surface area contributed by atoms with Crippen LogP contribution in [0.4, 0.5) is 0 Å². The number of carboxylic acids is 1. The van der Waals surface area contributed by atoms with Gasteiger partial charge in [-0.25, -0.2) is 9.78 Å². The van der Waals surface area contributed by atoms with E-state index in [-0.39, 0.29) is 11.1 Å². The van der Waals surface area contributed by atoms with Gasteiger partial charge in [0.2, 0.25) is 0 Å². The van der Waals surface area contributed by atoms with Gasteiger partial charge in [-0.2, -0.15) is 0 Å². The van der Waals surface area contributed by atoms with Gasteiger partial charge in [-0.1, -0.05) is 6.07 Å². The van der Waals surface area contributed by atoms with Crippen LogP contribution in [-0.4, -0.2) is 27.7 Å². The first-order valence-corrected chi connectivity index (χ1v) is 6.92. The summed E-state index contributed by atoms with van der Waals surface area (Å²) >= 11 is 0. The van der Waals surface area contributed by atoms with Crippen molar-refractivity contribution < 1.29 is 14.6 Å². The van der Waals surface area contributed by atoms with Crippen LogP contribution in [0.25, 0.3) is 16.6 Å². The average molecular weight is 310 g/mol. The van der Waals surface area contributed by atoms with Crippen LogP contribution in [0.2, 0.25) is 0 Å². The third-order valence-corrected chi connectivity index (χ3v) is 3.59. The van der Waals surface area contributed by atoms with Crippen molar-refractivity contribution in [1.82, 2.24) is 9.55 Å². The summed E-state index contributed by atoms with van der Waals surface area (Å²) in [5, 5.41) is 9.53. The number of nitrogens with zero attached hydrogens (tertiary/aromatic N) is 2. The summed E-state index contributed by atoms with van der Waals surface area (Å²) in [7, 11) is 1.53. The van der Waals surface area contributed by atoms with E-state index in [9.17, 15) is 9.59 Å². The van der Waals surface area contributed by atoms with Gasteiger partial charge in [0.1, 0.15) is 11.6 Å². The lowest BCUT2D eigenvalue weighted by Gasteiger charge is -2.12. The number of methoxy groups -OCH3 is 1. The van der Waals surface area contributed by atoms with Crippen LogP contribution in [0.15, 0.2) is 47.3 Å². The molecule has 0 atom stereocenters. The van der Waals surface area contributed by atoms with Crippen molar-refractivity contribution in [2.75, 3.05) is 7.11 Å². The summed E-state index contributed by atoms with van der Waals surface area (Å²) in [4.78, 5) is 28.4. The fourth-order valence-corrected chi connectivity index (χ4v) is 2.48. The Kier molecular flexibility index (Phi) is 3.57. The highest BCUT2D eigenvalue weighted by atomic mass is 16.5. The summed E-state index contributed by atoms with van der Waals surface area (Å²) in [6, 6.07) is 11.3. The summed E-state index contributed by atoms with van der Waals surface area (Å²) < 4.78 is 6.55. The Morgan fingerprint density at radius 2 is 2.00 bits per heavy atom. The van der Waals surface area contributed by atoms with E-state index in [1.165, 1.54) is 23.8 Å². The van der Waals surface area contributed by atoms with Crippen LogP contribution in [0, 0.1) is 6.92 Å². The number of carbonyl (C=O) groups is 1. The molecule has 116 valence electrons. The second kappa shape index (κ2) is 5.57. The first kappa shape index (κ1) is 14.8. The predicted molar refractivity (Wildman–Crippen MR) is 85.6 cm³/mol. The van der Waals surface area contributed by atoms with Gasteiger partial charge in [0, 0.05) is 0 Å². The highest BCUT2D eigenvalue weighted by molar-refractivity contribution is 5.88. The zero-order valence-corrected chi connectivity index (χ0v) is 12.6. The maximum absolute atomic E-state index is 12.8. The summed E-state index contributed by atoms with van der Waals surface area (Å²) in [6.07, 6.45) is 0. The van der Waals surface area contributed by atoms with Crippen molar-refractivity contribution in [3.63, 3.8) is 0 Å². The van der Waals surface area contributed by atoms with E-state index in [1.54, 1.807) is 37.3 Å². The molecule has 0 amide bonds. The van der Waals surface area contributed by atoms with Crippen LogP contribution >= 0.6 is 0 Å². The maximum atomic E-state index is 12.8. The van der Waals surface area contributed by atoms with Crippen molar-refractivity contribution in [2.24, 2.45) is 0 Å². The van der Waals surface area contributed by atoms with Gasteiger partial charge in [-0.05, 0) is 43.3 Å². The zero-order chi connectivity index (χ0) is 16.6. The Bertz CT molecular complexity index is 976. The molecule has 3 aromatic rings. The molecule has 0 spiro atoms. The molecule has 6 heteroatoms. The summed E-state index contributed by atoms with van der Waals surface area (Å²) in [6.45, 7) is 1.71. The highest BCUT2D eigenvalue weighted by Crippen LogP contribution is 2.18. The molecule has 1 aromatic heterocycles. The first-order chi connectivity index (χ1) is 11.0. The Labute approximate surface area is 131 Å². The van der Waals surface area contributed by atoms with Crippen molar-refractivity contribution in [2.45, 2.75) is 6.92 Å². The lowest BCUT2D eigenvalue weighted by molar-refractivity contribution is 0.0697. The largest absolute Gasteiger partial charge is 0.497 e. The van der Waals surface area contributed by atoms with E-state index < -0.39 is 5.97 Å². The number of ether oxygens (including phenoxy) is 1. The number of aromatic nitrogens is 2. The Balaban J connectivity index is 2.31. The molecule has 1 heterocycles. The molecule has 0 aliphatic rings. The lowest BCUT2D eigenvalue weighted by Crippen LogP contribution is -2.22. The van der Waals surface area contributed by atoms with Gasteiger partial charge >= 0.3 is 5.97 Å². The van der Waals surface area contributed by atoms with Crippen LogP contribution in [0.1, 0.15) is 16.2 Å². The van der Waals surface area contributed by atoms with E-state index in [4.69, 9.17) is 9.84 Å². The van der Waals surface area contributed by atoms with Crippen LogP contribution < -0.4 is 10.3 Å². The smallest absolute Gasteiger partial charge is 0.335 e. The Hall–Kier alpha value is -3.15. The Morgan fingerprint density at radius 3 is 2.70 bits per heavy atom. The minimum Gasteiger partial charge on any atom is -0.497 e. The van der Waals surface area contributed by atoms with Gasteiger partial charge in [0.15, 0.2) is 0 Å². The van der Waals surface area contributed by atoms with Gasteiger partial charge in [-0.15, -0.1) is 0 Å². The molecular weight excluding hydrogens is 296 g/mol. The minimum atomic E-state index is -1.05. The molecule has 0 radical (unpaired) electrons. The quantitative estimate of drug-likeness (QED) is 0.803. The molecule has 0 aliphatic heterocycles. The predicted octanol–water partition coefficient (Wildman–Crippen LogP) is 2.40. The third kappa shape index (κ3) is 2.55. The van der Waals surface area contributed by atoms with E-state index >= 15 is 0 Å². The molecular formula is C17H14N2O4. The fraction of sp³-hybridized carbons (Fsp3) is 0.118. The highest BCUT2D eigenvalue weighted by Gasteiger charge is 2.12. The zero-order valence-electron chi connectivity index (χ0n) is 12.6. The second-order valence-corrected chi connectivity index (χ2v) is 5.04. The second-order valence-electron chi connectivity index (χ2n) is 5.04. The number of benzene rings is 2. The maximum Gasteiger partial charge on any atom is 0.335 e. The number of rotatable bonds is 3. The SMILES string of the molecule is COc1ccc2nc(C)n(-c3cccc(C(=O)O)c3)c(=O)c2c1. The van der Waals surface area contributed by atoms with E-state index in [1.807, 2.05) is 0 Å². The number of hydrogen-bond acceptors (Lipinski definition) is 4. The van der Waals surface area contributed by atoms with Gasteiger partial charge in [0.05, 0.1) is 29.3 Å². The molecule has 0 unspecified atom stereocenters.